The highest BCUT2D eigenvalue weighted by Gasteiger charge is 2.11. The minimum Gasteiger partial charge on any atom is -0.505 e. The van der Waals surface area contributed by atoms with Crippen LogP contribution in [0.4, 0.5) is 0 Å². The van der Waals surface area contributed by atoms with Crippen molar-refractivity contribution in [1.82, 2.24) is 10.3 Å². The number of aromatic nitrogens is 1. The van der Waals surface area contributed by atoms with Crippen LogP contribution in [0.25, 0.3) is 0 Å². The minimum atomic E-state index is -0.327. The Bertz CT molecular complexity index is 358. The number of pyridine rings is 1. The summed E-state index contributed by atoms with van der Waals surface area (Å²) in [4.78, 5) is 15.4. The first kappa shape index (κ1) is 12.8. The Morgan fingerprint density at radius 2 is 2.44 bits per heavy atom. The Labute approximate surface area is 99.5 Å². The van der Waals surface area contributed by atoms with Gasteiger partial charge in [-0.1, -0.05) is 6.92 Å². The number of hydrogen-bond donors (Lipinski definition) is 2. The van der Waals surface area contributed by atoms with E-state index in [4.69, 9.17) is 0 Å². The summed E-state index contributed by atoms with van der Waals surface area (Å²) in [6, 6.07) is 3.04. The molecule has 0 aliphatic carbocycles. The van der Waals surface area contributed by atoms with Crippen molar-refractivity contribution in [2.75, 3.05) is 12.8 Å². The Morgan fingerprint density at radius 3 is 3.06 bits per heavy atom. The summed E-state index contributed by atoms with van der Waals surface area (Å²) in [6.07, 6.45) is 4.43. The molecular weight excluding hydrogens is 224 g/mol. The second-order valence-electron chi connectivity index (χ2n) is 3.46. The number of aromatic hydroxyl groups is 1. The third-order valence-electron chi connectivity index (χ3n) is 2.24. The monoisotopic (exact) mass is 240 g/mol. The normalized spacial score (nSPS) is 12.1. The van der Waals surface area contributed by atoms with Gasteiger partial charge >= 0.3 is 0 Å². The lowest BCUT2D eigenvalue weighted by atomic mass is 10.3. The number of amides is 1. The van der Waals surface area contributed by atoms with Gasteiger partial charge in [-0.05, 0) is 24.8 Å². The number of carbonyl (C=O) groups excluding carboxylic acids is 1. The number of hydrogen-bond acceptors (Lipinski definition) is 4. The zero-order valence-corrected chi connectivity index (χ0v) is 10.3. The van der Waals surface area contributed by atoms with Crippen molar-refractivity contribution in [2.45, 2.75) is 18.6 Å². The summed E-state index contributed by atoms with van der Waals surface area (Å²) in [7, 11) is 0. The van der Waals surface area contributed by atoms with Crippen LogP contribution in [0.3, 0.4) is 0 Å². The smallest absolute Gasteiger partial charge is 0.273 e. The van der Waals surface area contributed by atoms with E-state index in [1.807, 2.05) is 6.26 Å². The molecule has 4 nitrogen and oxygen atoms in total. The first-order chi connectivity index (χ1) is 7.65. The molecule has 88 valence electrons. The quantitative estimate of drug-likeness (QED) is 0.821. The van der Waals surface area contributed by atoms with Crippen LogP contribution in [-0.2, 0) is 0 Å². The Morgan fingerprint density at radius 1 is 1.69 bits per heavy atom. The number of nitrogens with one attached hydrogen (secondary N) is 1. The van der Waals surface area contributed by atoms with Crippen LogP contribution in [0, 0.1) is 0 Å². The molecule has 0 radical (unpaired) electrons. The molecule has 0 saturated heterocycles. The fourth-order valence-corrected chi connectivity index (χ4v) is 1.52. The molecule has 5 heteroatoms. The van der Waals surface area contributed by atoms with E-state index >= 15 is 0 Å². The summed E-state index contributed by atoms with van der Waals surface area (Å²) in [5.74, 6) is -0.413. The van der Waals surface area contributed by atoms with Crippen molar-refractivity contribution >= 4 is 17.7 Å². The molecule has 1 heterocycles. The van der Waals surface area contributed by atoms with Crippen LogP contribution in [0.1, 0.15) is 23.8 Å². The Hall–Kier alpha value is -1.23. The van der Waals surface area contributed by atoms with Crippen LogP contribution in [0.5, 0.6) is 5.75 Å². The molecule has 0 fully saturated rings. The van der Waals surface area contributed by atoms with Crippen molar-refractivity contribution in [3.63, 3.8) is 0 Å². The third kappa shape index (κ3) is 3.73. The van der Waals surface area contributed by atoms with Crippen LogP contribution in [-0.4, -0.2) is 34.0 Å². The van der Waals surface area contributed by atoms with Gasteiger partial charge < -0.3 is 10.4 Å². The summed E-state index contributed by atoms with van der Waals surface area (Å²) in [5.41, 5.74) is 0.0827. The molecule has 1 aromatic heterocycles. The lowest BCUT2D eigenvalue weighted by molar-refractivity contribution is 0.0945. The predicted molar refractivity (Wildman–Crippen MR) is 65.8 cm³/mol. The van der Waals surface area contributed by atoms with E-state index in [2.05, 4.69) is 17.2 Å². The van der Waals surface area contributed by atoms with E-state index in [1.54, 1.807) is 17.8 Å². The molecule has 0 aromatic carbocycles. The van der Waals surface area contributed by atoms with E-state index < -0.39 is 0 Å². The summed E-state index contributed by atoms with van der Waals surface area (Å²) >= 11 is 1.76. The standard InChI is InChI=1S/C11H16N2O2S/c1-8(16-2)5-7-13-11(15)10-9(14)4-3-6-12-10/h3-4,6,8,14H,5,7H2,1-2H3,(H,13,15). The molecule has 1 aromatic rings. The Kier molecular flexibility index (Phi) is 5.11. The zero-order chi connectivity index (χ0) is 12.0. The molecule has 1 unspecified atom stereocenters. The van der Waals surface area contributed by atoms with Crippen molar-refractivity contribution in [1.29, 1.82) is 0 Å². The first-order valence-corrected chi connectivity index (χ1v) is 6.39. The molecule has 1 atom stereocenters. The van der Waals surface area contributed by atoms with Gasteiger partial charge in [0.2, 0.25) is 0 Å². The van der Waals surface area contributed by atoms with Crippen LogP contribution < -0.4 is 5.32 Å². The maximum Gasteiger partial charge on any atom is 0.273 e. The molecule has 1 rings (SSSR count). The molecule has 0 bridgehead atoms. The SMILES string of the molecule is CSC(C)CCNC(=O)c1ncccc1O. The molecule has 0 spiro atoms. The summed E-state index contributed by atoms with van der Waals surface area (Å²) in [6.45, 7) is 2.70. The summed E-state index contributed by atoms with van der Waals surface area (Å²) in [5, 5.41) is 12.7. The van der Waals surface area contributed by atoms with Gasteiger partial charge in [0.05, 0.1) is 0 Å². The third-order valence-corrected chi connectivity index (χ3v) is 3.28. The lowest BCUT2D eigenvalue weighted by Gasteiger charge is -2.09. The number of carbonyl (C=O) groups is 1. The van der Waals surface area contributed by atoms with Gasteiger partial charge in [-0.3, -0.25) is 4.79 Å². The number of rotatable bonds is 5. The molecule has 16 heavy (non-hydrogen) atoms. The molecule has 0 aliphatic heterocycles. The lowest BCUT2D eigenvalue weighted by Crippen LogP contribution is -2.26. The van der Waals surface area contributed by atoms with Crippen molar-refractivity contribution in [3.05, 3.63) is 24.0 Å². The number of thioether (sulfide) groups is 1. The largest absolute Gasteiger partial charge is 0.505 e. The van der Waals surface area contributed by atoms with Gasteiger partial charge in [-0.15, -0.1) is 0 Å². The van der Waals surface area contributed by atoms with E-state index in [0.29, 0.717) is 11.8 Å². The second-order valence-corrected chi connectivity index (χ2v) is 4.74. The highest BCUT2D eigenvalue weighted by Crippen LogP contribution is 2.12. The summed E-state index contributed by atoms with van der Waals surface area (Å²) < 4.78 is 0. The van der Waals surface area contributed by atoms with Crippen molar-refractivity contribution in [3.8, 4) is 5.75 Å². The van der Waals surface area contributed by atoms with Gasteiger partial charge in [0, 0.05) is 18.0 Å². The molecule has 0 aliphatic rings. The highest BCUT2D eigenvalue weighted by atomic mass is 32.2. The van der Waals surface area contributed by atoms with Gasteiger partial charge in [0.25, 0.3) is 5.91 Å². The van der Waals surface area contributed by atoms with Crippen molar-refractivity contribution in [2.24, 2.45) is 0 Å². The fourth-order valence-electron chi connectivity index (χ4n) is 1.16. The van der Waals surface area contributed by atoms with Gasteiger partial charge in [0.15, 0.2) is 5.69 Å². The maximum absolute atomic E-state index is 11.6. The van der Waals surface area contributed by atoms with Gasteiger partial charge in [-0.25, -0.2) is 4.98 Å². The van der Waals surface area contributed by atoms with E-state index in [1.165, 1.54) is 12.3 Å². The molecule has 0 saturated carbocycles. The maximum atomic E-state index is 11.6. The highest BCUT2D eigenvalue weighted by molar-refractivity contribution is 7.99. The van der Waals surface area contributed by atoms with Gasteiger partial charge in [0.1, 0.15) is 5.75 Å². The minimum absolute atomic E-state index is 0.0827. The zero-order valence-electron chi connectivity index (χ0n) is 9.43. The van der Waals surface area contributed by atoms with Crippen LogP contribution >= 0.6 is 11.8 Å². The molecule has 2 N–H and O–H groups in total. The first-order valence-electron chi connectivity index (χ1n) is 5.10. The molecule has 1 amide bonds. The van der Waals surface area contributed by atoms with E-state index in [-0.39, 0.29) is 17.4 Å². The van der Waals surface area contributed by atoms with Crippen LogP contribution in [0.15, 0.2) is 18.3 Å². The van der Waals surface area contributed by atoms with Crippen LogP contribution in [0.2, 0.25) is 0 Å². The average molecular weight is 240 g/mol. The fraction of sp³-hybridized carbons (Fsp3) is 0.455. The average Bonchev–Trinajstić information content (AvgIpc) is 2.29. The Balaban J connectivity index is 2.44. The van der Waals surface area contributed by atoms with Gasteiger partial charge in [-0.2, -0.15) is 11.8 Å². The van der Waals surface area contributed by atoms with E-state index in [0.717, 1.165) is 6.42 Å². The topological polar surface area (TPSA) is 62.2 Å². The predicted octanol–water partition coefficient (Wildman–Crippen LogP) is 1.66. The molecular formula is C11H16N2O2S. The number of nitrogens with zero attached hydrogens (tertiary/aromatic N) is 1. The van der Waals surface area contributed by atoms with E-state index in [9.17, 15) is 9.90 Å². The van der Waals surface area contributed by atoms with Crippen molar-refractivity contribution < 1.29 is 9.90 Å². The second kappa shape index (κ2) is 6.37.